The molecule has 1 unspecified atom stereocenters. The lowest BCUT2D eigenvalue weighted by Crippen LogP contribution is -2.22. The van der Waals surface area contributed by atoms with Crippen LogP contribution in [0.2, 0.25) is 0 Å². The van der Waals surface area contributed by atoms with Crippen LogP contribution in [-0.4, -0.2) is 11.5 Å². The Labute approximate surface area is 114 Å². The number of hydrogen-bond acceptors (Lipinski definition) is 3. The summed E-state index contributed by atoms with van der Waals surface area (Å²) in [5.74, 6) is 0. The first-order valence-electron chi connectivity index (χ1n) is 6.78. The van der Waals surface area contributed by atoms with Crippen molar-refractivity contribution in [3.05, 3.63) is 53.9 Å². The molecule has 2 aromatic rings. The van der Waals surface area contributed by atoms with Gasteiger partial charge in [-0.25, -0.2) is 0 Å². The van der Waals surface area contributed by atoms with Crippen molar-refractivity contribution in [2.24, 2.45) is 0 Å². The molecular weight excluding hydrogens is 234 g/mol. The SMILES string of the molecule is Cc1cc(N)cc(N2CCCC2c2cccnc2)c1. The number of benzene rings is 1. The quantitative estimate of drug-likeness (QED) is 0.835. The molecule has 1 aliphatic rings. The fourth-order valence-corrected chi connectivity index (χ4v) is 2.95. The second kappa shape index (κ2) is 4.92. The third-order valence-electron chi connectivity index (χ3n) is 3.74. The molecule has 0 aliphatic carbocycles. The van der Waals surface area contributed by atoms with Crippen LogP contribution < -0.4 is 10.6 Å². The Kier molecular flexibility index (Phi) is 3.11. The van der Waals surface area contributed by atoms with Gasteiger partial charge in [0.05, 0.1) is 6.04 Å². The van der Waals surface area contributed by atoms with E-state index in [9.17, 15) is 0 Å². The first kappa shape index (κ1) is 12.0. The monoisotopic (exact) mass is 253 g/mol. The van der Waals surface area contributed by atoms with E-state index in [2.05, 4.69) is 35.0 Å². The molecule has 3 heteroatoms. The summed E-state index contributed by atoms with van der Waals surface area (Å²) in [7, 11) is 0. The lowest BCUT2D eigenvalue weighted by atomic mass is 10.1. The summed E-state index contributed by atoms with van der Waals surface area (Å²) in [5.41, 5.74) is 10.5. The molecule has 1 fully saturated rings. The van der Waals surface area contributed by atoms with Crippen molar-refractivity contribution in [3.8, 4) is 0 Å². The Morgan fingerprint density at radius 2 is 2.21 bits per heavy atom. The molecule has 0 saturated carbocycles. The Hall–Kier alpha value is -2.03. The van der Waals surface area contributed by atoms with Gasteiger partial charge in [0, 0.05) is 30.3 Å². The van der Waals surface area contributed by atoms with Gasteiger partial charge < -0.3 is 10.6 Å². The number of hydrogen-bond donors (Lipinski definition) is 1. The van der Waals surface area contributed by atoms with Crippen molar-refractivity contribution in [2.45, 2.75) is 25.8 Å². The summed E-state index contributed by atoms with van der Waals surface area (Å²) in [6.07, 6.45) is 6.20. The molecule has 0 bridgehead atoms. The highest BCUT2D eigenvalue weighted by atomic mass is 15.2. The number of nitrogens with two attached hydrogens (primary N) is 1. The number of rotatable bonds is 2. The molecule has 2 N–H and O–H groups in total. The van der Waals surface area contributed by atoms with Crippen molar-refractivity contribution in [1.29, 1.82) is 0 Å². The summed E-state index contributed by atoms with van der Waals surface area (Å²) in [4.78, 5) is 6.69. The highest BCUT2D eigenvalue weighted by Crippen LogP contribution is 2.36. The van der Waals surface area contributed by atoms with Crippen molar-refractivity contribution >= 4 is 11.4 Å². The Morgan fingerprint density at radius 3 is 2.95 bits per heavy atom. The van der Waals surface area contributed by atoms with Gasteiger partial charge in [-0.2, -0.15) is 0 Å². The minimum Gasteiger partial charge on any atom is -0.399 e. The zero-order valence-electron chi connectivity index (χ0n) is 11.2. The van der Waals surface area contributed by atoms with E-state index < -0.39 is 0 Å². The van der Waals surface area contributed by atoms with Crippen LogP contribution in [0.4, 0.5) is 11.4 Å². The smallest absolute Gasteiger partial charge is 0.0558 e. The lowest BCUT2D eigenvalue weighted by Gasteiger charge is -2.27. The van der Waals surface area contributed by atoms with Crippen LogP contribution >= 0.6 is 0 Å². The maximum Gasteiger partial charge on any atom is 0.0558 e. The zero-order valence-corrected chi connectivity index (χ0v) is 11.2. The molecule has 0 spiro atoms. The first-order chi connectivity index (χ1) is 9.24. The van der Waals surface area contributed by atoms with Gasteiger partial charge in [0.25, 0.3) is 0 Å². The predicted octanol–water partition coefficient (Wildman–Crippen LogP) is 3.31. The van der Waals surface area contributed by atoms with Gasteiger partial charge in [0.15, 0.2) is 0 Å². The second-order valence-electron chi connectivity index (χ2n) is 5.24. The Balaban J connectivity index is 1.95. The number of nitrogens with zero attached hydrogens (tertiary/aromatic N) is 2. The lowest BCUT2D eigenvalue weighted by molar-refractivity contribution is 0.715. The number of aromatic nitrogens is 1. The van der Waals surface area contributed by atoms with E-state index in [1.807, 2.05) is 24.5 Å². The number of nitrogen functional groups attached to an aromatic ring is 1. The van der Waals surface area contributed by atoms with Gasteiger partial charge in [-0.15, -0.1) is 0 Å². The summed E-state index contributed by atoms with van der Waals surface area (Å²) >= 11 is 0. The standard InChI is InChI=1S/C16H19N3/c1-12-8-14(17)10-15(9-12)19-7-3-5-16(19)13-4-2-6-18-11-13/h2,4,6,8-11,16H,3,5,7,17H2,1H3. The summed E-state index contributed by atoms with van der Waals surface area (Å²) < 4.78 is 0. The van der Waals surface area contributed by atoms with Gasteiger partial charge in [-0.05, 0) is 55.2 Å². The fraction of sp³-hybridized carbons (Fsp3) is 0.312. The summed E-state index contributed by atoms with van der Waals surface area (Å²) in [5, 5.41) is 0. The highest BCUT2D eigenvalue weighted by Gasteiger charge is 2.26. The van der Waals surface area contributed by atoms with E-state index in [0.717, 1.165) is 12.2 Å². The molecule has 1 atom stereocenters. The molecule has 1 saturated heterocycles. The van der Waals surface area contributed by atoms with Crippen LogP contribution in [0.1, 0.15) is 30.0 Å². The molecule has 0 radical (unpaired) electrons. The highest BCUT2D eigenvalue weighted by molar-refractivity contribution is 5.60. The topological polar surface area (TPSA) is 42.1 Å². The first-order valence-corrected chi connectivity index (χ1v) is 6.78. The van der Waals surface area contributed by atoms with Crippen LogP contribution in [0.5, 0.6) is 0 Å². The van der Waals surface area contributed by atoms with E-state index in [0.29, 0.717) is 6.04 Å². The average Bonchev–Trinajstić information content (AvgIpc) is 2.88. The fourth-order valence-electron chi connectivity index (χ4n) is 2.95. The summed E-state index contributed by atoms with van der Waals surface area (Å²) in [6.45, 7) is 3.18. The van der Waals surface area contributed by atoms with Crippen LogP contribution in [0, 0.1) is 6.92 Å². The maximum absolute atomic E-state index is 5.97. The van der Waals surface area contributed by atoms with Crippen molar-refractivity contribution < 1.29 is 0 Å². The van der Waals surface area contributed by atoms with Gasteiger partial charge in [-0.1, -0.05) is 6.07 Å². The van der Waals surface area contributed by atoms with Crippen molar-refractivity contribution in [2.75, 3.05) is 17.2 Å². The zero-order chi connectivity index (χ0) is 13.2. The van der Waals surface area contributed by atoms with E-state index >= 15 is 0 Å². The molecule has 1 aromatic heterocycles. The largest absolute Gasteiger partial charge is 0.399 e. The van der Waals surface area contributed by atoms with Crippen LogP contribution in [0.3, 0.4) is 0 Å². The number of anilines is 2. The van der Waals surface area contributed by atoms with Gasteiger partial charge in [-0.3, -0.25) is 4.98 Å². The van der Waals surface area contributed by atoms with E-state index in [1.165, 1.54) is 29.7 Å². The molecule has 3 nitrogen and oxygen atoms in total. The van der Waals surface area contributed by atoms with Crippen LogP contribution in [-0.2, 0) is 0 Å². The predicted molar refractivity (Wildman–Crippen MR) is 79.1 cm³/mol. The normalized spacial score (nSPS) is 18.8. The Bertz CT molecular complexity index is 545. The third kappa shape index (κ3) is 2.41. The minimum absolute atomic E-state index is 0.426. The molecule has 0 amide bonds. The number of aryl methyl sites for hydroxylation is 1. The van der Waals surface area contributed by atoms with Gasteiger partial charge in [0.2, 0.25) is 0 Å². The average molecular weight is 253 g/mol. The molecule has 98 valence electrons. The maximum atomic E-state index is 5.97. The minimum atomic E-state index is 0.426. The summed E-state index contributed by atoms with van der Waals surface area (Å²) in [6, 6.07) is 10.9. The molecule has 2 heterocycles. The second-order valence-corrected chi connectivity index (χ2v) is 5.24. The van der Waals surface area contributed by atoms with E-state index in [4.69, 9.17) is 5.73 Å². The van der Waals surface area contributed by atoms with E-state index in [-0.39, 0.29) is 0 Å². The van der Waals surface area contributed by atoms with Gasteiger partial charge >= 0.3 is 0 Å². The molecule has 1 aromatic carbocycles. The van der Waals surface area contributed by atoms with E-state index in [1.54, 1.807) is 0 Å². The Morgan fingerprint density at radius 1 is 1.32 bits per heavy atom. The molecule has 3 rings (SSSR count). The molecule has 1 aliphatic heterocycles. The number of pyridine rings is 1. The molecule has 19 heavy (non-hydrogen) atoms. The third-order valence-corrected chi connectivity index (χ3v) is 3.74. The van der Waals surface area contributed by atoms with Crippen molar-refractivity contribution in [3.63, 3.8) is 0 Å². The van der Waals surface area contributed by atoms with Gasteiger partial charge in [0.1, 0.15) is 0 Å². The van der Waals surface area contributed by atoms with Crippen LogP contribution in [0.25, 0.3) is 0 Å². The van der Waals surface area contributed by atoms with Crippen molar-refractivity contribution in [1.82, 2.24) is 4.98 Å². The molecular formula is C16H19N3. The van der Waals surface area contributed by atoms with Crippen LogP contribution in [0.15, 0.2) is 42.7 Å².